The van der Waals surface area contributed by atoms with E-state index in [4.69, 9.17) is 4.74 Å². The van der Waals surface area contributed by atoms with Gasteiger partial charge in [-0.1, -0.05) is 29.7 Å². The first kappa shape index (κ1) is 20.4. The number of rotatable bonds is 6. The third-order valence-corrected chi connectivity index (χ3v) is 6.07. The number of fused-ring (bicyclic) bond motifs is 1. The van der Waals surface area contributed by atoms with Crippen molar-refractivity contribution in [3.05, 3.63) is 41.3 Å². The van der Waals surface area contributed by atoms with E-state index in [1.807, 2.05) is 0 Å². The van der Waals surface area contributed by atoms with Crippen molar-refractivity contribution in [3.63, 3.8) is 0 Å². The molecule has 5 heteroatoms. The van der Waals surface area contributed by atoms with E-state index in [9.17, 15) is 9.90 Å². The summed E-state index contributed by atoms with van der Waals surface area (Å²) < 4.78 is 5.09. The summed E-state index contributed by atoms with van der Waals surface area (Å²) in [4.78, 5) is 16.8. The van der Waals surface area contributed by atoms with Crippen molar-refractivity contribution in [3.8, 4) is 11.5 Å². The molecule has 0 radical (unpaired) electrons. The molecule has 0 bridgehead atoms. The highest BCUT2D eigenvalue weighted by Gasteiger charge is 2.36. The monoisotopic (exact) mass is 384 g/mol. The van der Waals surface area contributed by atoms with Crippen LogP contribution >= 0.6 is 0 Å². The van der Waals surface area contributed by atoms with Crippen LogP contribution in [-0.2, 0) is 0 Å². The average molecular weight is 385 g/mol. The van der Waals surface area contributed by atoms with Crippen molar-refractivity contribution in [2.75, 3.05) is 7.11 Å². The van der Waals surface area contributed by atoms with Crippen LogP contribution < -0.4 is 10.1 Å². The number of carbonyl (C=O) groups is 1. The molecule has 5 nitrogen and oxygen atoms in total. The molecule has 2 aliphatic carbocycles. The molecule has 0 aromatic carbocycles. The molecular weight excluding hydrogens is 352 g/mol. The topological polar surface area (TPSA) is 71.5 Å². The number of carbonyl (C=O) groups excluding carboxylic acids is 1. The summed E-state index contributed by atoms with van der Waals surface area (Å²) in [6, 6.07) is 1.68. The van der Waals surface area contributed by atoms with Crippen molar-refractivity contribution in [1.29, 1.82) is 0 Å². The van der Waals surface area contributed by atoms with Gasteiger partial charge in [-0.25, -0.2) is 4.98 Å². The summed E-state index contributed by atoms with van der Waals surface area (Å²) in [5, 5.41) is 13.4. The molecule has 3 atom stereocenters. The Morgan fingerprint density at radius 2 is 2.21 bits per heavy atom. The van der Waals surface area contributed by atoms with Gasteiger partial charge in [0, 0.05) is 18.3 Å². The molecule has 1 saturated carbocycles. The van der Waals surface area contributed by atoms with E-state index in [2.05, 4.69) is 36.3 Å². The number of methoxy groups -OCH3 is 1. The van der Waals surface area contributed by atoms with Crippen LogP contribution in [0, 0.1) is 11.8 Å². The quantitative estimate of drug-likeness (QED) is 0.693. The highest BCUT2D eigenvalue weighted by Crippen LogP contribution is 2.41. The van der Waals surface area contributed by atoms with Gasteiger partial charge in [-0.05, 0) is 64.2 Å². The molecule has 0 spiro atoms. The summed E-state index contributed by atoms with van der Waals surface area (Å²) in [6.07, 6.45) is 14.0. The number of aromatic hydroxyl groups is 1. The van der Waals surface area contributed by atoms with Gasteiger partial charge in [0.15, 0.2) is 17.2 Å². The van der Waals surface area contributed by atoms with E-state index >= 15 is 0 Å². The zero-order valence-electron chi connectivity index (χ0n) is 17.2. The Balaban J connectivity index is 1.65. The number of nitrogens with zero attached hydrogens (tertiary/aromatic N) is 1. The number of aromatic nitrogens is 1. The predicted octanol–water partition coefficient (Wildman–Crippen LogP) is 4.78. The molecule has 28 heavy (non-hydrogen) atoms. The van der Waals surface area contributed by atoms with Gasteiger partial charge >= 0.3 is 0 Å². The maximum atomic E-state index is 12.7. The average Bonchev–Trinajstić information content (AvgIpc) is 2.68. The summed E-state index contributed by atoms with van der Waals surface area (Å²) in [5.74, 6) is 0.860. The SMILES string of the molecule is COc1ccnc(C(=O)NC2CCC[C@H]3CC(CCC=C(C)C)=CC[C@@H]23)c1O. The third kappa shape index (κ3) is 4.75. The van der Waals surface area contributed by atoms with Crippen molar-refractivity contribution in [2.24, 2.45) is 11.8 Å². The lowest BCUT2D eigenvalue weighted by atomic mass is 9.68. The first-order chi connectivity index (χ1) is 13.5. The Morgan fingerprint density at radius 3 is 2.96 bits per heavy atom. The Bertz CT molecular complexity index is 765. The molecule has 3 rings (SSSR count). The van der Waals surface area contributed by atoms with Crippen LogP contribution in [0.3, 0.4) is 0 Å². The second-order valence-electron chi connectivity index (χ2n) is 8.27. The van der Waals surface area contributed by atoms with Crippen LogP contribution in [0.1, 0.15) is 69.3 Å². The van der Waals surface area contributed by atoms with Crippen LogP contribution in [0.4, 0.5) is 0 Å². The number of hydrogen-bond acceptors (Lipinski definition) is 4. The van der Waals surface area contributed by atoms with Gasteiger partial charge in [0.1, 0.15) is 0 Å². The lowest BCUT2D eigenvalue weighted by molar-refractivity contribution is 0.0861. The fourth-order valence-electron chi connectivity index (χ4n) is 4.62. The molecule has 2 N–H and O–H groups in total. The fraction of sp³-hybridized carbons (Fsp3) is 0.565. The van der Waals surface area contributed by atoms with E-state index in [1.54, 1.807) is 11.6 Å². The lowest BCUT2D eigenvalue weighted by Crippen LogP contribution is -2.46. The van der Waals surface area contributed by atoms with E-state index in [0.717, 1.165) is 38.5 Å². The second kappa shape index (κ2) is 9.26. The number of pyridine rings is 1. The standard InChI is InChI=1S/C23H32N2O3/c1-15(2)6-4-7-16-10-11-18-17(14-16)8-5-9-19(18)25-23(27)21-22(26)20(28-3)12-13-24-21/h6,10,12-13,17-19,26H,4-5,7-9,11,14H2,1-3H3,(H,25,27)/t17-,18+,19?/m0/s1. The van der Waals surface area contributed by atoms with Gasteiger partial charge in [0.25, 0.3) is 5.91 Å². The number of ether oxygens (including phenoxy) is 1. The molecule has 1 heterocycles. The van der Waals surface area contributed by atoms with Crippen molar-refractivity contribution >= 4 is 5.91 Å². The van der Waals surface area contributed by atoms with Gasteiger partial charge in [0.05, 0.1) is 7.11 Å². The lowest BCUT2D eigenvalue weighted by Gasteiger charge is -2.41. The van der Waals surface area contributed by atoms with Crippen molar-refractivity contribution in [2.45, 2.75) is 64.8 Å². The number of amides is 1. The predicted molar refractivity (Wildman–Crippen MR) is 111 cm³/mol. The van der Waals surface area contributed by atoms with Crippen LogP contribution in [0.25, 0.3) is 0 Å². The largest absolute Gasteiger partial charge is 0.503 e. The van der Waals surface area contributed by atoms with Crippen molar-refractivity contribution < 1.29 is 14.6 Å². The molecule has 0 aliphatic heterocycles. The molecule has 152 valence electrons. The van der Waals surface area contributed by atoms with Crippen LogP contribution in [0.5, 0.6) is 11.5 Å². The maximum absolute atomic E-state index is 12.7. The molecule has 2 aliphatic rings. The van der Waals surface area contributed by atoms with Gasteiger partial charge in [-0.3, -0.25) is 4.79 Å². The number of hydrogen-bond donors (Lipinski definition) is 2. The second-order valence-corrected chi connectivity index (χ2v) is 8.27. The van der Waals surface area contributed by atoms with E-state index in [0.29, 0.717) is 11.8 Å². The van der Waals surface area contributed by atoms with Crippen LogP contribution in [0.2, 0.25) is 0 Å². The molecule has 1 aromatic heterocycles. The van der Waals surface area contributed by atoms with Crippen LogP contribution in [0.15, 0.2) is 35.6 Å². The first-order valence-electron chi connectivity index (χ1n) is 10.3. The molecule has 1 unspecified atom stereocenters. The van der Waals surface area contributed by atoms with Gasteiger partial charge in [0.2, 0.25) is 0 Å². The van der Waals surface area contributed by atoms with Gasteiger partial charge in [-0.15, -0.1) is 0 Å². The minimum absolute atomic E-state index is 0.0373. The maximum Gasteiger partial charge on any atom is 0.274 e. The molecule has 1 amide bonds. The zero-order valence-corrected chi connectivity index (χ0v) is 17.2. The van der Waals surface area contributed by atoms with E-state index < -0.39 is 0 Å². The summed E-state index contributed by atoms with van der Waals surface area (Å²) in [7, 11) is 1.46. The van der Waals surface area contributed by atoms with Gasteiger partial charge < -0.3 is 15.2 Å². The van der Waals surface area contributed by atoms with Crippen molar-refractivity contribution in [1.82, 2.24) is 10.3 Å². The molecule has 1 fully saturated rings. The number of allylic oxidation sites excluding steroid dienone is 4. The molecule has 0 saturated heterocycles. The Labute approximate surface area is 167 Å². The van der Waals surface area contributed by atoms with Gasteiger partial charge in [-0.2, -0.15) is 0 Å². The highest BCUT2D eigenvalue weighted by molar-refractivity contribution is 5.95. The summed E-state index contributed by atoms with van der Waals surface area (Å²) >= 11 is 0. The molecule has 1 aromatic rings. The third-order valence-electron chi connectivity index (χ3n) is 6.07. The van der Waals surface area contributed by atoms with E-state index in [1.165, 1.54) is 25.3 Å². The van der Waals surface area contributed by atoms with Crippen LogP contribution in [-0.4, -0.2) is 29.1 Å². The minimum atomic E-state index is -0.319. The number of nitrogens with one attached hydrogen (secondary N) is 1. The first-order valence-corrected chi connectivity index (χ1v) is 10.3. The fourth-order valence-corrected chi connectivity index (χ4v) is 4.62. The Morgan fingerprint density at radius 1 is 1.39 bits per heavy atom. The summed E-state index contributed by atoms with van der Waals surface area (Å²) in [6.45, 7) is 4.29. The Kier molecular flexibility index (Phi) is 6.76. The normalized spacial score (nSPS) is 24.0. The Hall–Kier alpha value is -2.30. The highest BCUT2D eigenvalue weighted by atomic mass is 16.5. The molecular formula is C23H32N2O3. The van der Waals surface area contributed by atoms with E-state index in [-0.39, 0.29) is 29.1 Å². The zero-order chi connectivity index (χ0) is 20.1. The smallest absolute Gasteiger partial charge is 0.274 e. The summed E-state index contributed by atoms with van der Waals surface area (Å²) in [5.41, 5.74) is 2.98. The minimum Gasteiger partial charge on any atom is -0.503 e.